The molecule has 8 heteroatoms. The lowest BCUT2D eigenvalue weighted by Crippen LogP contribution is -2.00. The molecule has 0 aliphatic rings. The summed E-state index contributed by atoms with van der Waals surface area (Å²) in [7, 11) is -3.54. The highest BCUT2D eigenvalue weighted by Gasteiger charge is 2.21. The number of hydrogen-bond donors (Lipinski definition) is 0. The minimum absolute atomic E-state index is 0.0127. The molecule has 0 spiro atoms. The maximum Gasteiger partial charge on any atom is 0.312 e. The zero-order valence-electron chi connectivity index (χ0n) is 12.7. The fourth-order valence-electron chi connectivity index (χ4n) is 1.99. The third kappa shape index (κ3) is 3.89. The van der Waals surface area contributed by atoms with E-state index in [1.807, 2.05) is 19.9 Å². The third-order valence-electron chi connectivity index (χ3n) is 3.23. The first-order chi connectivity index (χ1) is 10.6. The molecule has 0 N–H and O–H groups in total. The fourth-order valence-corrected chi connectivity index (χ4v) is 2.96. The molecule has 2 rings (SSSR count). The molecule has 2 aromatic rings. The average Bonchev–Trinajstić information content (AvgIpc) is 2.43. The number of rotatable bonds is 4. The standard InChI is InChI=1S/C15H14BrNO5S/c1-9-6-10(2)15(8-12(9)16)22-14-5-4-11(23(3,20)21)7-13(14)17(18)19/h4-8H,1-3H3. The summed E-state index contributed by atoms with van der Waals surface area (Å²) in [5.41, 5.74) is 1.42. The molecule has 23 heavy (non-hydrogen) atoms. The van der Waals surface area contributed by atoms with E-state index < -0.39 is 20.4 Å². The topological polar surface area (TPSA) is 86.5 Å². The van der Waals surface area contributed by atoms with Crippen molar-refractivity contribution < 1.29 is 18.1 Å². The molecular weight excluding hydrogens is 386 g/mol. The van der Waals surface area contributed by atoms with Gasteiger partial charge in [0.15, 0.2) is 9.84 Å². The van der Waals surface area contributed by atoms with E-state index in [1.54, 1.807) is 6.07 Å². The van der Waals surface area contributed by atoms with E-state index in [1.165, 1.54) is 12.1 Å². The van der Waals surface area contributed by atoms with Gasteiger partial charge in [0.25, 0.3) is 0 Å². The molecule has 0 amide bonds. The Labute approximate surface area is 142 Å². The van der Waals surface area contributed by atoms with Crippen LogP contribution in [0.5, 0.6) is 11.5 Å². The molecule has 0 aliphatic carbocycles. The summed E-state index contributed by atoms with van der Waals surface area (Å²) in [6.07, 6.45) is 0.994. The predicted molar refractivity (Wildman–Crippen MR) is 89.9 cm³/mol. The van der Waals surface area contributed by atoms with Crippen LogP contribution in [-0.2, 0) is 9.84 Å². The SMILES string of the molecule is Cc1cc(C)c(Oc2ccc(S(C)(=O)=O)cc2[N+](=O)[O-])cc1Br. The van der Waals surface area contributed by atoms with Gasteiger partial charge in [0.1, 0.15) is 5.75 Å². The van der Waals surface area contributed by atoms with Crippen molar-refractivity contribution in [2.24, 2.45) is 0 Å². The lowest BCUT2D eigenvalue weighted by molar-refractivity contribution is -0.385. The van der Waals surface area contributed by atoms with Gasteiger partial charge in [-0.15, -0.1) is 0 Å². The monoisotopic (exact) mass is 399 g/mol. The second-order valence-electron chi connectivity index (χ2n) is 5.13. The van der Waals surface area contributed by atoms with Crippen molar-refractivity contribution in [1.29, 1.82) is 0 Å². The Morgan fingerprint density at radius 2 is 1.74 bits per heavy atom. The fraction of sp³-hybridized carbons (Fsp3) is 0.200. The zero-order chi connectivity index (χ0) is 17.4. The van der Waals surface area contributed by atoms with Gasteiger partial charge in [-0.3, -0.25) is 10.1 Å². The highest BCUT2D eigenvalue weighted by molar-refractivity contribution is 9.10. The third-order valence-corrected chi connectivity index (χ3v) is 5.20. The number of sulfone groups is 1. The second kappa shape index (κ2) is 6.29. The second-order valence-corrected chi connectivity index (χ2v) is 8.00. The van der Waals surface area contributed by atoms with Crippen LogP contribution in [0, 0.1) is 24.0 Å². The number of nitro benzene ring substituents is 1. The number of halogens is 1. The van der Waals surface area contributed by atoms with Crippen LogP contribution in [0.4, 0.5) is 5.69 Å². The van der Waals surface area contributed by atoms with Crippen LogP contribution in [0.15, 0.2) is 39.7 Å². The van der Waals surface area contributed by atoms with E-state index >= 15 is 0 Å². The molecule has 0 radical (unpaired) electrons. The van der Waals surface area contributed by atoms with Gasteiger partial charge in [0, 0.05) is 16.8 Å². The Morgan fingerprint density at radius 3 is 2.30 bits per heavy atom. The number of nitro groups is 1. The molecule has 122 valence electrons. The number of aryl methyl sites for hydroxylation is 2. The van der Waals surface area contributed by atoms with Crippen LogP contribution in [0.25, 0.3) is 0 Å². The maximum atomic E-state index is 11.5. The first-order valence-electron chi connectivity index (χ1n) is 6.52. The number of ether oxygens (including phenoxy) is 1. The van der Waals surface area contributed by atoms with Gasteiger partial charge in [0.2, 0.25) is 5.75 Å². The largest absolute Gasteiger partial charge is 0.450 e. The summed E-state index contributed by atoms with van der Waals surface area (Å²) in [6, 6.07) is 7.19. The van der Waals surface area contributed by atoms with Crippen molar-refractivity contribution in [2.75, 3.05) is 6.26 Å². The summed E-state index contributed by atoms with van der Waals surface area (Å²) in [5, 5.41) is 11.2. The highest BCUT2D eigenvalue weighted by atomic mass is 79.9. The van der Waals surface area contributed by atoms with Crippen molar-refractivity contribution in [3.63, 3.8) is 0 Å². The molecule has 0 aromatic heterocycles. The van der Waals surface area contributed by atoms with Gasteiger partial charge in [-0.05, 0) is 43.2 Å². The van der Waals surface area contributed by atoms with E-state index in [0.717, 1.165) is 27.9 Å². The van der Waals surface area contributed by atoms with E-state index in [-0.39, 0.29) is 10.6 Å². The van der Waals surface area contributed by atoms with Crippen LogP contribution in [-0.4, -0.2) is 19.6 Å². The maximum absolute atomic E-state index is 11.5. The minimum atomic E-state index is -3.54. The minimum Gasteiger partial charge on any atom is -0.450 e. The molecule has 0 heterocycles. The summed E-state index contributed by atoms with van der Waals surface area (Å²) >= 11 is 3.39. The number of hydrogen-bond acceptors (Lipinski definition) is 5. The van der Waals surface area contributed by atoms with E-state index in [9.17, 15) is 18.5 Å². The van der Waals surface area contributed by atoms with Gasteiger partial charge in [-0.25, -0.2) is 8.42 Å². The van der Waals surface area contributed by atoms with Crippen LogP contribution in [0.1, 0.15) is 11.1 Å². The van der Waals surface area contributed by atoms with Gasteiger partial charge in [-0.2, -0.15) is 0 Å². The van der Waals surface area contributed by atoms with E-state index in [0.29, 0.717) is 5.75 Å². The van der Waals surface area contributed by atoms with E-state index in [4.69, 9.17) is 4.74 Å². The normalized spacial score (nSPS) is 11.3. The van der Waals surface area contributed by atoms with Crippen LogP contribution >= 0.6 is 15.9 Å². The van der Waals surface area contributed by atoms with Gasteiger partial charge in [0.05, 0.1) is 9.82 Å². The molecule has 0 saturated heterocycles. The summed E-state index contributed by atoms with van der Waals surface area (Å²) in [6.45, 7) is 3.75. The summed E-state index contributed by atoms with van der Waals surface area (Å²) < 4.78 is 29.5. The van der Waals surface area contributed by atoms with Crippen LogP contribution in [0.2, 0.25) is 0 Å². The predicted octanol–water partition coefficient (Wildman–Crippen LogP) is 4.17. The van der Waals surface area contributed by atoms with Gasteiger partial charge >= 0.3 is 5.69 Å². The Hall–Kier alpha value is -1.93. The zero-order valence-corrected chi connectivity index (χ0v) is 15.1. The Bertz CT molecular complexity index is 893. The molecule has 0 saturated carbocycles. The molecule has 0 fully saturated rings. The lowest BCUT2D eigenvalue weighted by Gasteiger charge is -2.11. The Morgan fingerprint density at radius 1 is 1.09 bits per heavy atom. The van der Waals surface area contributed by atoms with Crippen molar-refractivity contribution in [3.8, 4) is 11.5 Å². The molecule has 6 nitrogen and oxygen atoms in total. The van der Waals surface area contributed by atoms with Gasteiger partial charge < -0.3 is 4.74 Å². The summed E-state index contributed by atoms with van der Waals surface area (Å²) in [4.78, 5) is 10.4. The lowest BCUT2D eigenvalue weighted by atomic mass is 10.1. The molecule has 2 aromatic carbocycles. The quantitative estimate of drug-likeness (QED) is 0.568. The molecule has 0 atom stereocenters. The average molecular weight is 400 g/mol. The molecule has 0 unspecified atom stereocenters. The first kappa shape index (κ1) is 17.4. The number of nitrogens with zero attached hydrogens (tertiary/aromatic N) is 1. The van der Waals surface area contributed by atoms with Crippen molar-refractivity contribution >= 4 is 31.5 Å². The Kier molecular flexibility index (Phi) is 4.76. The molecule has 0 aliphatic heterocycles. The molecule has 0 bridgehead atoms. The van der Waals surface area contributed by atoms with E-state index in [2.05, 4.69) is 15.9 Å². The first-order valence-corrected chi connectivity index (χ1v) is 9.21. The van der Waals surface area contributed by atoms with Gasteiger partial charge in [-0.1, -0.05) is 22.0 Å². The Balaban J connectivity index is 2.52. The van der Waals surface area contributed by atoms with Crippen LogP contribution in [0.3, 0.4) is 0 Å². The molecular formula is C15H14BrNO5S. The van der Waals surface area contributed by atoms with Crippen LogP contribution < -0.4 is 4.74 Å². The summed E-state index contributed by atoms with van der Waals surface area (Å²) in [5.74, 6) is 0.443. The smallest absolute Gasteiger partial charge is 0.312 e. The van der Waals surface area contributed by atoms with Crippen molar-refractivity contribution in [1.82, 2.24) is 0 Å². The number of benzene rings is 2. The van der Waals surface area contributed by atoms with Crippen molar-refractivity contribution in [2.45, 2.75) is 18.7 Å². The van der Waals surface area contributed by atoms with Crippen molar-refractivity contribution in [3.05, 3.63) is 56.0 Å². The highest BCUT2D eigenvalue weighted by Crippen LogP contribution is 2.36.